The Morgan fingerprint density at radius 1 is 1.23 bits per heavy atom. The minimum absolute atomic E-state index is 0. The molecule has 1 aromatic heterocycles. The van der Waals surface area contributed by atoms with E-state index in [-0.39, 0.29) is 30.1 Å². The highest BCUT2D eigenvalue weighted by atomic mass is 127. The highest BCUT2D eigenvalue weighted by molar-refractivity contribution is 14.0. The van der Waals surface area contributed by atoms with E-state index in [1.54, 1.807) is 11.1 Å². The number of carbonyl (C=O) groups is 1. The van der Waals surface area contributed by atoms with E-state index in [1.165, 1.54) is 5.56 Å². The molecule has 8 nitrogen and oxygen atoms in total. The summed E-state index contributed by atoms with van der Waals surface area (Å²) in [7, 11) is 0. The molecule has 3 rings (SSSR count). The number of piperidine rings is 1. The molecule has 31 heavy (non-hydrogen) atoms. The number of nitrogens with one attached hydrogen (secondary N) is 2. The second kappa shape index (κ2) is 13.2. The highest BCUT2D eigenvalue weighted by Crippen LogP contribution is 2.12. The van der Waals surface area contributed by atoms with Crippen LogP contribution in [0.25, 0.3) is 5.69 Å². The average molecular weight is 540 g/mol. The summed E-state index contributed by atoms with van der Waals surface area (Å²) < 4.78 is 6.94. The van der Waals surface area contributed by atoms with Crippen molar-refractivity contribution in [3.8, 4) is 5.69 Å². The number of likely N-dealkylation sites (tertiary alicyclic amines) is 1. The summed E-state index contributed by atoms with van der Waals surface area (Å²) in [5.74, 6) is 0.834. The smallest absolute Gasteiger partial charge is 0.409 e. The van der Waals surface area contributed by atoms with Gasteiger partial charge in [0.15, 0.2) is 5.96 Å². The summed E-state index contributed by atoms with van der Waals surface area (Å²) in [4.78, 5) is 18.3. The minimum atomic E-state index is -0.213. The molecule has 0 saturated carbocycles. The number of benzene rings is 1. The lowest BCUT2D eigenvalue weighted by Gasteiger charge is -2.32. The number of rotatable bonds is 7. The maximum Gasteiger partial charge on any atom is 0.409 e. The van der Waals surface area contributed by atoms with Crippen molar-refractivity contribution in [2.45, 2.75) is 39.2 Å². The number of hydrogen-bond acceptors (Lipinski definition) is 4. The summed E-state index contributed by atoms with van der Waals surface area (Å²) in [6, 6.07) is 10.6. The monoisotopic (exact) mass is 540 g/mol. The summed E-state index contributed by atoms with van der Waals surface area (Å²) >= 11 is 0. The van der Waals surface area contributed by atoms with Gasteiger partial charge in [-0.1, -0.05) is 12.1 Å². The second-order valence-electron chi connectivity index (χ2n) is 7.23. The topological polar surface area (TPSA) is 83.8 Å². The maximum absolute atomic E-state index is 11.8. The van der Waals surface area contributed by atoms with Crippen molar-refractivity contribution in [2.75, 3.05) is 32.8 Å². The van der Waals surface area contributed by atoms with Crippen molar-refractivity contribution in [1.29, 1.82) is 0 Å². The molecule has 0 aliphatic carbocycles. The molecular formula is C22H33IN6O2. The Morgan fingerprint density at radius 2 is 1.97 bits per heavy atom. The molecule has 0 unspecified atom stereocenters. The molecule has 9 heteroatoms. The summed E-state index contributed by atoms with van der Waals surface area (Å²) in [6.45, 7) is 7.25. The molecule has 1 fully saturated rings. The molecule has 0 spiro atoms. The third-order valence-electron chi connectivity index (χ3n) is 5.08. The molecule has 170 valence electrons. The van der Waals surface area contributed by atoms with E-state index in [0.29, 0.717) is 32.3 Å². The Morgan fingerprint density at radius 3 is 2.58 bits per heavy atom. The van der Waals surface area contributed by atoms with Gasteiger partial charge in [0.05, 0.1) is 12.3 Å². The van der Waals surface area contributed by atoms with Crippen molar-refractivity contribution in [2.24, 2.45) is 4.99 Å². The fraction of sp³-hybridized carbons (Fsp3) is 0.500. The molecule has 1 aliphatic rings. The number of guanidine groups is 1. The van der Waals surface area contributed by atoms with E-state index in [2.05, 4.69) is 46.9 Å². The molecule has 0 bridgehead atoms. The predicted molar refractivity (Wildman–Crippen MR) is 133 cm³/mol. The van der Waals surface area contributed by atoms with Gasteiger partial charge in [0.2, 0.25) is 0 Å². The Bertz CT molecular complexity index is 802. The van der Waals surface area contributed by atoms with E-state index in [1.807, 2.05) is 23.9 Å². The van der Waals surface area contributed by atoms with Crippen LogP contribution < -0.4 is 10.6 Å². The molecule has 2 N–H and O–H groups in total. The Balaban J connectivity index is 0.00000341. The standard InChI is InChI=1S/C22H32N6O2.HI/c1-3-23-21(26-19-11-16-27(17-12-19)22(29)30-4-2)24-14-10-18-6-8-20(9-7-18)28-15-5-13-25-28;/h5-9,13,15,19H,3-4,10-12,14,16-17H2,1-2H3,(H2,23,24,26);1H. The molecular weight excluding hydrogens is 507 g/mol. The lowest BCUT2D eigenvalue weighted by molar-refractivity contribution is 0.0963. The number of halogens is 1. The normalized spacial score (nSPS) is 14.6. The van der Waals surface area contributed by atoms with Crippen LogP contribution in [-0.4, -0.2) is 65.6 Å². The molecule has 1 saturated heterocycles. The van der Waals surface area contributed by atoms with Crippen LogP contribution in [0, 0.1) is 0 Å². The first-order valence-electron chi connectivity index (χ1n) is 10.7. The van der Waals surface area contributed by atoms with Crippen LogP contribution in [0.2, 0.25) is 0 Å². The summed E-state index contributed by atoms with van der Waals surface area (Å²) in [6.07, 6.45) is 6.15. The summed E-state index contributed by atoms with van der Waals surface area (Å²) in [5, 5.41) is 11.1. The van der Waals surface area contributed by atoms with Gasteiger partial charge in [-0.2, -0.15) is 5.10 Å². The van der Waals surface area contributed by atoms with E-state index >= 15 is 0 Å². The third kappa shape index (κ3) is 7.71. The van der Waals surface area contributed by atoms with Crippen LogP contribution in [0.15, 0.2) is 47.7 Å². The van der Waals surface area contributed by atoms with Gasteiger partial charge in [0.25, 0.3) is 0 Å². The van der Waals surface area contributed by atoms with Crippen molar-refractivity contribution < 1.29 is 9.53 Å². The summed E-state index contributed by atoms with van der Waals surface area (Å²) in [5.41, 5.74) is 2.30. The van der Waals surface area contributed by atoms with E-state index in [4.69, 9.17) is 9.73 Å². The molecule has 1 amide bonds. The van der Waals surface area contributed by atoms with Gasteiger partial charge in [0.1, 0.15) is 0 Å². The highest BCUT2D eigenvalue weighted by Gasteiger charge is 2.23. The average Bonchev–Trinajstić information content (AvgIpc) is 3.30. The fourth-order valence-electron chi connectivity index (χ4n) is 3.47. The predicted octanol–water partition coefficient (Wildman–Crippen LogP) is 3.21. The lowest BCUT2D eigenvalue weighted by atomic mass is 10.1. The van der Waals surface area contributed by atoms with E-state index < -0.39 is 0 Å². The zero-order valence-corrected chi connectivity index (χ0v) is 20.6. The van der Waals surface area contributed by atoms with Crippen molar-refractivity contribution in [1.82, 2.24) is 25.3 Å². The number of aromatic nitrogens is 2. The fourth-order valence-corrected chi connectivity index (χ4v) is 3.47. The number of hydrogen-bond donors (Lipinski definition) is 2. The Hall–Kier alpha value is -2.30. The third-order valence-corrected chi connectivity index (χ3v) is 5.08. The van der Waals surface area contributed by atoms with Crippen molar-refractivity contribution >= 4 is 36.0 Å². The molecule has 1 aliphatic heterocycles. The first-order chi connectivity index (χ1) is 14.7. The Labute approximate surface area is 201 Å². The first-order valence-corrected chi connectivity index (χ1v) is 10.7. The molecule has 0 atom stereocenters. The minimum Gasteiger partial charge on any atom is -0.450 e. The van der Waals surface area contributed by atoms with Crippen molar-refractivity contribution in [3.63, 3.8) is 0 Å². The zero-order chi connectivity index (χ0) is 21.2. The molecule has 2 aromatic rings. The molecule has 1 aromatic carbocycles. The number of amides is 1. The number of ether oxygens (including phenoxy) is 1. The first kappa shape index (κ1) is 25.0. The van der Waals surface area contributed by atoms with Crippen LogP contribution in [0.3, 0.4) is 0 Å². The van der Waals surface area contributed by atoms with Gasteiger partial charge in [0, 0.05) is 44.6 Å². The maximum atomic E-state index is 11.8. The van der Waals surface area contributed by atoms with Gasteiger partial charge in [-0.25, -0.2) is 9.48 Å². The van der Waals surface area contributed by atoms with Crippen LogP contribution in [-0.2, 0) is 11.2 Å². The van der Waals surface area contributed by atoms with Gasteiger partial charge in [-0.3, -0.25) is 4.99 Å². The zero-order valence-electron chi connectivity index (χ0n) is 18.3. The van der Waals surface area contributed by atoms with Gasteiger partial charge >= 0.3 is 6.09 Å². The molecule has 2 heterocycles. The van der Waals surface area contributed by atoms with Gasteiger partial charge in [-0.15, -0.1) is 24.0 Å². The number of carbonyl (C=O) groups excluding carboxylic acids is 1. The van der Waals surface area contributed by atoms with E-state index in [9.17, 15) is 4.79 Å². The van der Waals surface area contributed by atoms with Crippen LogP contribution in [0.1, 0.15) is 32.3 Å². The van der Waals surface area contributed by atoms with Crippen LogP contribution >= 0.6 is 24.0 Å². The van der Waals surface area contributed by atoms with Crippen LogP contribution in [0.4, 0.5) is 4.79 Å². The quantitative estimate of drug-likeness (QED) is 0.320. The second-order valence-corrected chi connectivity index (χ2v) is 7.23. The number of aliphatic imine (C=N–C) groups is 1. The van der Waals surface area contributed by atoms with Gasteiger partial charge < -0.3 is 20.3 Å². The van der Waals surface area contributed by atoms with Gasteiger partial charge in [-0.05, 0) is 56.9 Å². The number of nitrogens with zero attached hydrogens (tertiary/aromatic N) is 4. The van der Waals surface area contributed by atoms with E-state index in [0.717, 1.165) is 37.5 Å². The molecule has 0 radical (unpaired) electrons. The lowest BCUT2D eigenvalue weighted by Crippen LogP contribution is -2.50. The van der Waals surface area contributed by atoms with Crippen molar-refractivity contribution in [3.05, 3.63) is 48.3 Å². The Kier molecular flexibility index (Phi) is 10.6. The largest absolute Gasteiger partial charge is 0.450 e. The van der Waals surface area contributed by atoms with Crippen LogP contribution in [0.5, 0.6) is 0 Å². The SMILES string of the molecule is CCNC(=NCCc1ccc(-n2cccn2)cc1)NC1CCN(C(=O)OCC)CC1.I.